The number of imide groups is 2. The van der Waals surface area contributed by atoms with E-state index in [0.717, 1.165) is 4.90 Å². The highest BCUT2D eigenvalue weighted by Crippen LogP contribution is 2.28. The van der Waals surface area contributed by atoms with Crippen LogP contribution in [0.5, 0.6) is 5.75 Å². The zero-order chi connectivity index (χ0) is 22.8. The van der Waals surface area contributed by atoms with Gasteiger partial charge in [-0.15, -0.1) is 0 Å². The first kappa shape index (κ1) is 21.0. The molecule has 0 aliphatic carbocycles. The quantitative estimate of drug-likeness (QED) is 0.577. The van der Waals surface area contributed by atoms with Crippen LogP contribution < -0.4 is 20.0 Å². The molecule has 2 aromatic carbocycles. The minimum atomic E-state index is -0.907. The fourth-order valence-corrected chi connectivity index (χ4v) is 3.46. The van der Waals surface area contributed by atoms with Crippen molar-refractivity contribution in [2.24, 2.45) is 11.0 Å². The molecule has 2 aliphatic heterocycles. The molecule has 1 fully saturated rings. The minimum absolute atomic E-state index is 0.267. The lowest BCUT2D eigenvalue weighted by atomic mass is 9.98. The van der Waals surface area contributed by atoms with Crippen LogP contribution in [0.1, 0.15) is 13.8 Å². The van der Waals surface area contributed by atoms with Crippen LogP contribution in [0.15, 0.2) is 71.3 Å². The molecular formula is C23H20N4O5. The number of benzene rings is 2. The van der Waals surface area contributed by atoms with Gasteiger partial charge in [0, 0.05) is 0 Å². The van der Waals surface area contributed by atoms with E-state index in [1.54, 1.807) is 55.5 Å². The topological polar surface area (TPSA) is 108 Å². The number of barbiturate groups is 1. The molecule has 2 aromatic rings. The standard InChI is InChI=1S/C23H20N4O5/c1-3-32-17-11-9-15(10-12-17)26-21(29)19(20(28)24-23(26)31)13-18-14(2)25-27(22(18)30)16-7-5-4-6-8-16/h4-13,18H,3H2,1-2H3,(H,24,28,31)/b19-13+. The lowest BCUT2D eigenvalue weighted by Gasteiger charge is -2.26. The van der Waals surface area contributed by atoms with Gasteiger partial charge >= 0.3 is 6.03 Å². The first-order valence-corrected chi connectivity index (χ1v) is 9.99. The van der Waals surface area contributed by atoms with Gasteiger partial charge in [-0.2, -0.15) is 10.1 Å². The van der Waals surface area contributed by atoms with Crippen molar-refractivity contribution < 1.29 is 23.9 Å². The number of hydrogen-bond acceptors (Lipinski definition) is 6. The molecule has 2 heterocycles. The van der Waals surface area contributed by atoms with E-state index in [0.29, 0.717) is 23.8 Å². The van der Waals surface area contributed by atoms with Crippen molar-refractivity contribution in [3.63, 3.8) is 0 Å². The summed E-state index contributed by atoms with van der Waals surface area (Å²) < 4.78 is 5.37. The molecule has 0 radical (unpaired) electrons. The van der Waals surface area contributed by atoms with E-state index in [9.17, 15) is 19.2 Å². The smallest absolute Gasteiger partial charge is 0.335 e. The zero-order valence-electron chi connectivity index (χ0n) is 17.4. The van der Waals surface area contributed by atoms with Gasteiger partial charge in [-0.05, 0) is 56.3 Å². The van der Waals surface area contributed by atoms with Gasteiger partial charge in [0.05, 0.1) is 29.6 Å². The first-order chi connectivity index (χ1) is 15.4. The Morgan fingerprint density at radius 2 is 1.69 bits per heavy atom. The van der Waals surface area contributed by atoms with Crippen LogP contribution in [-0.2, 0) is 14.4 Å². The molecule has 9 nitrogen and oxygen atoms in total. The molecule has 1 saturated heterocycles. The normalized spacial score (nSPS) is 20.0. The SMILES string of the molecule is CCOc1ccc(N2C(=O)NC(=O)/C(=C\C3C(=O)N(c4ccccc4)N=C3C)C2=O)cc1. The number of nitrogens with zero attached hydrogens (tertiary/aromatic N) is 3. The van der Waals surface area contributed by atoms with Crippen molar-refractivity contribution in [2.45, 2.75) is 13.8 Å². The van der Waals surface area contributed by atoms with Crippen LogP contribution in [0.3, 0.4) is 0 Å². The maximum atomic E-state index is 13.1. The Bertz CT molecular complexity index is 1150. The summed E-state index contributed by atoms with van der Waals surface area (Å²) in [5.74, 6) is -2.40. The summed E-state index contributed by atoms with van der Waals surface area (Å²) in [6, 6.07) is 14.3. The molecule has 0 saturated carbocycles. The largest absolute Gasteiger partial charge is 0.494 e. The van der Waals surface area contributed by atoms with Gasteiger partial charge in [0.1, 0.15) is 11.3 Å². The second-order valence-electron chi connectivity index (χ2n) is 7.11. The summed E-state index contributed by atoms with van der Waals surface area (Å²) in [4.78, 5) is 51.7. The Hall–Kier alpha value is -4.27. The zero-order valence-corrected chi connectivity index (χ0v) is 17.4. The minimum Gasteiger partial charge on any atom is -0.494 e. The summed E-state index contributed by atoms with van der Waals surface area (Å²) in [5.41, 5.74) is 0.963. The lowest BCUT2D eigenvalue weighted by Crippen LogP contribution is -2.54. The maximum Gasteiger partial charge on any atom is 0.335 e. The molecule has 162 valence electrons. The number of amides is 5. The summed E-state index contributed by atoms with van der Waals surface area (Å²) in [7, 11) is 0. The number of carbonyl (C=O) groups excluding carboxylic acids is 4. The fraction of sp³-hybridized carbons (Fsp3) is 0.174. The van der Waals surface area contributed by atoms with Gasteiger partial charge in [0.15, 0.2) is 0 Å². The lowest BCUT2D eigenvalue weighted by molar-refractivity contribution is -0.122. The van der Waals surface area contributed by atoms with Gasteiger partial charge in [-0.25, -0.2) is 9.69 Å². The molecule has 1 atom stereocenters. The third-order valence-electron chi connectivity index (χ3n) is 5.02. The van der Waals surface area contributed by atoms with Crippen molar-refractivity contribution in [1.29, 1.82) is 0 Å². The molecular weight excluding hydrogens is 412 g/mol. The molecule has 0 spiro atoms. The molecule has 2 aliphatic rings. The van der Waals surface area contributed by atoms with Gasteiger partial charge in [-0.1, -0.05) is 18.2 Å². The Morgan fingerprint density at radius 1 is 1.00 bits per heavy atom. The number of rotatable bonds is 5. The number of hydrogen-bond donors (Lipinski definition) is 1. The Morgan fingerprint density at radius 3 is 2.34 bits per heavy atom. The third kappa shape index (κ3) is 3.76. The second kappa shape index (κ2) is 8.46. The number of anilines is 2. The average Bonchev–Trinajstić information content (AvgIpc) is 3.06. The number of urea groups is 1. The number of ether oxygens (including phenoxy) is 1. The van der Waals surface area contributed by atoms with E-state index < -0.39 is 29.7 Å². The van der Waals surface area contributed by atoms with E-state index in [1.807, 2.05) is 13.0 Å². The average molecular weight is 432 g/mol. The molecule has 1 unspecified atom stereocenters. The molecule has 5 amide bonds. The number of para-hydroxylation sites is 1. The maximum absolute atomic E-state index is 13.1. The van der Waals surface area contributed by atoms with Crippen LogP contribution in [0, 0.1) is 5.92 Å². The van der Waals surface area contributed by atoms with Crippen LogP contribution in [0.4, 0.5) is 16.2 Å². The van der Waals surface area contributed by atoms with Crippen LogP contribution in [0.25, 0.3) is 0 Å². The highest BCUT2D eigenvalue weighted by molar-refractivity contribution is 6.38. The van der Waals surface area contributed by atoms with Crippen LogP contribution in [0.2, 0.25) is 0 Å². The monoisotopic (exact) mass is 432 g/mol. The van der Waals surface area contributed by atoms with E-state index >= 15 is 0 Å². The van der Waals surface area contributed by atoms with Crippen molar-refractivity contribution >= 4 is 40.8 Å². The van der Waals surface area contributed by atoms with Crippen molar-refractivity contribution in [2.75, 3.05) is 16.5 Å². The number of hydrazone groups is 1. The van der Waals surface area contributed by atoms with Crippen LogP contribution >= 0.6 is 0 Å². The highest BCUT2D eigenvalue weighted by Gasteiger charge is 2.40. The van der Waals surface area contributed by atoms with Crippen LogP contribution in [-0.4, -0.2) is 36.1 Å². The van der Waals surface area contributed by atoms with E-state index in [1.165, 1.54) is 11.1 Å². The summed E-state index contributed by atoms with van der Waals surface area (Å²) in [5, 5.41) is 7.67. The Balaban J connectivity index is 1.63. The molecule has 9 heteroatoms. The summed E-state index contributed by atoms with van der Waals surface area (Å²) in [6.45, 7) is 3.95. The Kier molecular flexibility index (Phi) is 5.55. The van der Waals surface area contributed by atoms with E-state index in [4.69, 9.17) is 4.74 Å². The predicted molar refractivity (Wildman–Crippen MR) is 117 cm³/mol. The second-order valence-corrected chi connectivity index (χ2v) is 7.11. The van der Waals surface area contributed by atoms with Gasteiger partial charge in [-0.3, -0.25) is 19.7 Å². The Labute approximate surface area is 183 Å². The molecule has 0 aromatic heterocycles. The van der Waals surface area contributed by atoms with Crippen molar-refractivity contribution in [3.05, 3.63) is 66.2 Å². The molecule has 0 bridgehead atoms. The number of nitrogens with one attached hydrogen (secondary N) is 1. The fourth-order valence-electron chi connectivity index (χ4n) is 3.46. The number of carbonyl (C=O) groups is 4. The highest BCUT2D eigenvalue weighted by atomic mass is 16.5. The first-order valence-electron chi connectivity index (χ1n) is 9.99. The summed E-state index contributed by atoms with van der Waals surface area (Å²) in [6.07, 6.45) is 1.26. The van der Waals surface area contributed by atoms with E-state index in [-0.39, 0.29) is 11.3 Å². The predicted octanol–water partition coefficient (Wildman–Crippen LogP) is 2.63. The van der Waals surface area contributed by atoms with Gasteiger partial charge in [0.2, 0.25) is 0 Å². The summed E-state index contributed by atoms with van der Waals surface area (Å²) >= 11 is 0. The molecule has 1 N–H and O–H groups in total. The third-order valence-corrected chi connectivity index (χ3v) is 5.02. The van der Waals surface area contributed by atoms with Gasteiger partial charge in [0.25, 0.3) is 17.7 Å². The van der Waals surface area contributed by atoms with E-state index in [2.05, 4.69) is 10.4 Å². The van der Waals surface area contributed by atoms with Crippen molar-refractivity contribution in [3.8, 4) is 5.75 Å². The molecule has 32 heavy (non-hydrogen) atoms. The molecule has 4 rings (SSSR count). The van der Waals surface area contributed by atoms with Gasteiger partial charge < -0.3 is 4.74 Å². The van der Waals surface area contributed by atoms with Crippen molar-refractivity contribution in [1.82, 2.24) is 5.32 Å².